The second-order valence-corrected chi connectivity index (χ2v) is 9.13. The van der Waals surface area contributed by atoms with Crippen molar-refractivity contribution in [2.45, 2.75) is 13.5 Å². The molecule has 0 bridgehead atoms. The first-order chi connectivity index (χ1) is 18.5. The molecular formula is C31H24N2O4S. The van der Waals surface area contributed by atoms with Crippen LogP contribution in [0.5, 0.6) is 5.75 Å². The zero-order valence-corrected chi connectivity index (χ0v) is 21.4. The lowest BCUT2D eigenvalue weighted by molar-refractivity contribution is 0.0977. The number of rotatable bonds is 6. The van der Waals surface area contributed by atoms with Crippen molar-refractivity contribution in [1.29, 1.82) is 0 Å². The Morgan fingerprint density at radius 2 is 1.66 bits per heavy atom. The van der Waals surface area contributed by atoms with E-state index in [1.807, 2.05) is 73.7 Å². The molecule has 0 aliphatic heterocycles. The Morgan fingerprint density at radius 3 is 2.47 bits per heavy atom. The third-order valence-electron chi connectivity index (χ3n) is 5.99. The summed E-state index contributed by atoms with van der Waals surface area (Å²) in [7, 11) is 0. The molecule has 188 valence electrons. The van der Waals surface area contributed by atoms with E-state index in [0.29, 0.717) is 34.8 Å². The second-order valence-electron chi connectivity index (χ2n) is 8.73. The molecule has 0 atom stereocenters. The highest BCUT2D eigenvalue weighted by atomic mass is 32.1. The highest BCUT2D eigenvalue weighted by molar-refractivity contribution is 7.80. The van der Waals surface area contributed by atoms with Crippen LogP contribution in [0.1, 0.15) is 21.5 Å². The summed E-state index contributed by atoms with van der Waals surface area (Å²) in [6.45, 7) is 2.31. The predicted octanol–water partition coefficient (Wildman–Crippen LogP) is 6.47. The van der Waals surface area contributed by atoms with Crippen LogP contribution in [0.25, 0.3) is 22.1 Å². The van der Waals surface area contributed by atoms with Gasteiger partial charge in [0.2, 0.25) is 0 Å². The van der Waals surface area contributed by atoms with Crippen LogP contribution in [0.2, 0.25) is 0 Å². The first-order valence-corrected chi connectivity index (χ1v) is 12.4. The van der Waals surface area contributed by atoms with Crippen LogP contribution in [-0.4, -0.2) is 11.0 Å². The molecule has 6 nitrogen and oxygen atoms in total. The number of para-hydroxylation sites is 1. The van der Waals surface area contributed by atoms with Crippen molar-refractivity contribution < 1.29 is 13.9 Å². The van der Waals surface area contributed by atoms with Gasteiger partial charge in [-0.3, -0.25) is 10.1 Å². The number of hydrogen-bond acceptors (Lipinski definition) is 5. The molecular weight excluding hydrogens is 496 g/mol. The molecule has 7 heteroatoms. The van der Waals surface area contributed by atoms with E-state index in [0.717, 1.165) is 22.1 Å². The molecule has 1 heterocycles. The van der Waals surface area contributed by atoms with Crippen molar-refractivity contribution in [1.82, 2.24) is 5.32 Å². The molecule has 0 aliphatic carbocycles. The molecule has 0 aliphatic rings. The van der Waals surface area contributed by atoms with Gasteiger partial charge in [0, 0.05) is 16.6 Å². The van der Waals surface area contributed by atoms with E-state index in [1.165, 1.54) is 0 Å². The normalized spacial score (nSPS) is 10.7. The number of aryl methyl sites for hydroxylation is 1. The molecule has 0 spiro atoms. The molecule has 38 heavy (non-hydrogen) atoms. The zero-order chi connectivity index (χ0) is 26.5. The minimum absolute atomic E-state index is 0.156. The summed E-state index contributed by atoms with van der Waals surface area (Å²) in [5.41, 5.74) is 4.40. The summed E-state index contributed by atoms with van der Waals surface area (Å²) >= 11 is 5.36. The van der Waals surface area contributed by atoms with Gasteiger partial charge < -0.3 is 14.5 Å². The van der Waals surface area contributed by atoms with Gasteiger partial charge in [-0.2, -0.15) is 0 Å². The van der Waals surface area contributed by atoms with Crippen molar-refractivity contribution in [3.8, 4) is 16.9 Å². The van der Waals surface area contributed by atoms with Gasteiger partial charge in [0.25, 0.3) is 5.91 Å². The fourth-order valence-corrected chi connectivity index (χ4v) is 4.31. The quantitative estimate of drug-likeness (QED) is 0.197. The largest absolute Gasteiger partial charge is 0.489 e. The van der Waals surface area contributed by atoms with Crippen LogP contribution in [-0.2, 0) is 6.61 Å². The molecule has 5 rings (SSSR count). The van der Waals surface area contributed by atoms with Gasteiger partial charge in [-0.25, -0.2) is 4.79 Å². The van der Waals surface area contributed by atoms with Gasteiger partial charge in [0.15, 0.2) is 5.11 Å². The summed E-state index contributed by atoms with van der Waals surface area (Å²) in [4.78, 5) is 25.4. The number of nitrogens with one attached hydrogen (secondary N) is 2. The van der Waals surface area contributed by atoms with Crippen molar-refractivity contribution in [3.05, 3.63) is 130 Å². The van der Waals surface area contributed by atoms with E-state index in [2.05, 4.69) is 10.6 Å². The fraction of sp³-hybridized carbons (Fsp3) is 0.0645. The van der Waals surface area contributed by atoms with Gasteiger partial charge in [0.05, 0.1) is 5.56 Å². The minimum atomic E-state index is -0.398. The number of carbonyl (C=O) groups is 1. The van der Waals surface area contributed by atoms with E-state index in [1.54, 1.807) is 36.4 Å². The number of fused-ring (bicyclic) bond motifs is 1. The number of ether oxygens (including phenoxy) is 1. The van der Waals surface area contributed by atoms with Gasteiger partial charge in [-0.05, 0) is 78.3 Å². The summed E-state index contributed by atoms with van der Waals surface area (Å²) in [5.74, 6) is 0.236. The Bertz CT molecular complexity index is 1700. The Labute approximate surface area is 224 Å². The maximum Gasteiger partial charge on any atom is 0.344 e. The van der Waals surface area contributed by atoms with Gasteiger partial charge in [-0.1, -0.05) is 60.7 Å². The average Bonchev–Trinajstić information content (AvgIpc) is 2.92. The van der Waals surface area contributed by atoms with E-state index in [4.69, 9.17) is 21.4 Å². The maximum absolute atomic E-state index is 12.8. The minimum Gasteiger partial charge on any atom is -0.489 e. The Balaban J connectivity index is 1.24. The zero-order valence-electron chi connectivity index (χ0n) is 20.6. The first kappa shape index (κ1) is 24.9. The Morgan fingerprint density at radius 1 is 0.868 bits per heavy atom. The van der Waals surface area contributed by atoms with E-state index < -0.39 is 5.63 Å². The second kappa shape index (κ2) is 11.1. The smallest absolute Gasteiger partial charge is 0.344 e. The highest BCUT2D eigenvalue weighted by Crippen LogP contribution is 2.26. The standard InChI is InChI=1S/C31H24N2O4S/c1-20-16-24(14-15-26(20)27-18-22-10-5-6-13-28(22)37-30(27)35)32-31(38)33-29(34)23-11-7-12-25(17-23)36-19-21-8-3-2-4-9-21/h2-18H,19H2,1H3,(H2,32,33,34,38). The highest BCUT2D eigenvalue weighted by Gasteiger charge is 2.13. The van der Waals surface area contributed by atoms with Crippen LogP contribution < -0.4 is 21.0 Å². The van der Waals surface area contributed by atoms with Crippen LogP contribution in [0, 0.1) is 6.92 Å². The summed E-state index contributed by atoms with van der Waals surface area (Å²) in [6, 6.07) is 31.5. The molecule has 0 saturated carbocycles. The molecule has 2 N–H and O–H groups in total. The number of amides is 1. The van der Waals surface area contributed by atoms with Crippen molar-refractivity contribution in [2.75, 3.05) is 5.32 Å². The monoisotopic (exact) mass is 520 g/mol. The lowest BCUT2D eigenvalue weighted by Gasteiger charge is -2.13. The molecule has 4 aromatic carbocycles. The van der Waals surface area contributed by atoms with Gasteiger partial charge >= 0.3 is 5.63 Å². The number of anilines is 1. The Kier molecular flexibility index (Phi) is 7.28. The van der Waals surface area contributed by atoms with Gasteiger partial charge in [0.1, 0.15) is 17.9 Å². The summed E-state index contributed by atoms with van der Waals surface area (Å²) < 4.78 is 11.3. The van der Waals surface area contributed by atoms with Gasteiger partial charge in [-0.15, -0.1) is 0 Å². The maximum atomic E-state index is 12.8. The number of carbonyl (C=O) groups excluding carboxylic acids is 1. The summed E-state index contributed by atoms with van der Waals surface area (Å²) in [6.07, 6.45) is 0. The van der Waals surface area contributed by atoms with E-state index >= 15 is 0 Å². The lowest BCUT2D eigenvalue weighted by atomic mass is 10.0. The predicted molar refractivity (Wildman–Crippen MR) is 154 cm³/mol. The molecule has 0 unspecified atom stereocenters. The molecule has 0 saturated heterocycles. The van der Waals surface area contributed by atoms with Crippen molar-refractivity contribution >= 4 is 39.9 Å². The number of thiocarbonyl (C=S) groups is 1. The summed E-state index contributed by atoms with van der Waals surface area (Å²) in [5, 5.41) is 6.74. The van der Waals surface area contributed by atoms with Crippen LogP contribution in [0.3, 0.4) is 0 Å². The third-order valence-corrected chi connectivity index (χ3v) is 6.19. The van der Waals surface area contributed by atoms with Crippen LogP contribution in [0.15, 0.2) is 112 Å². The van der Waals surface area contributed by atoms with Crippen LogP contribution >= 0.6 is 12.2 Å². The van der Waals surface area contributed by atoms with Crippen LogP contribution in [0.4, 0.5) is 5.69 Å². The molecule has 1 aromatic heterocycles. The number of benzene rings is 4. The average molecular weight is 521 g/mol. The molecule has 0 radical (unpaired) electrons. The fourth-order valence-electron chi connectivity index (χ4n) is 4.10. The topological polar surface area (TPSA) is 80.6 Å². The van der Waals surface area contributed by atoms with E-state index in [9.17, 15) is 9.59 Å². The number of hydrogen-bond donors (Lipinski definition) is 2. The lowest BCUT2D eigenvalue weighted by Crippen LogP contribution is -2.34. The SMILES string of the molecule is Cc1cc(NC(=S)NC(=O)c2cccc(OCc3ccccc3)c2)ccc1-c1cc2ccccc2oc1=O. The third kappa shape index (κ3) is 5.79. The van der Waals surface area contributed by atoms with E-state index in [-0.39, 0.29) is 11.0 Å². The Hall–Kier alpha value is -4.75. The molecule has 5 aromatic rings. The van der Waals surface area contributed by atoms with Crippen molar-refractivity contribution in [3.63, 3.8) is 0 Å². The first-order valence-electron chi connectivity index (χ1n) is 12.0. The van der Waals surface area contributed by atoms with Crippen molar-refractivity contribution in [2.24, 2.45) is 0 Å². The molecule has 0 fully saturated rings. The molecule has 1 amide bonds.